The smallest absolute Gasteiger partial charge is 0.319 e. The SMILES string of the molecule is CN(CC(=O)N(C)Cc1ccc(N(C)C)cc1)Cc1nccn1C(F)F. The Bertz CT molecular complexity index is 715. The minimum absolute atomic E-state index is 0.0839. The molecular formula is C18H25F2N5O. The summed E-state index contributed by atoms with van der Waals surface area (Å²) in [6, 6.07) is 7.98. The number of likely N-dealkylation sites (N-methyl/N-ethyl adjacent to an activating group) is 2. The minimum atomic E-state index is -2.63. The lowest BCUT2D eigenvalue weighted by molar-refractivity contribution is -0.131. The molecule has 0 atom stereocenters. The molecule has 0 aliphatic heterocycles. The van der Waals surface area contributed by atoms with Gasteiger partial charge >= 0.3 is 6.55 Å². The highest BCUT2D eigenvalue weighted by Crippen LogP contribution is 2.15. The summed E-state index contributed by atoms with van der Waals surface area (Å²) in [7, 11) is 7.39. The summed E-state index contributed by atoms with van der Waals surface area (Å²) in [4.78, 5) is 21.6. The van der Waals surface area contributed by atoms with Gasteiger partial charge in [0.05, 0.1) is 13.1 Å². The van der Waals surface area contributed by atoms with Gasteiger partial charge in [-0.3, -0.25) is 14.3 Å². The van der Waals surface area contributed by atoms with Crippen LogP contribution >= 0.6 is 0 Å². The Morgan fingerprint density at radius 3 is 2.35 bits per heavy atom. The van der Waals surface area contributed by atoms with Gasteiger partial charge in [0, 0.05) is 45.8 Å². The third kappa shape index (κ3) is 5.26. The van der Waals surface area contributed by atoms with E-state index >= 15 is 0 Å². The number of imidazole rings is 1. The number of aromatic nitrogens is 2. The van der Waals surface area contributed by atoms with Gasteiger partial charge in [-0.1, -0.05) is 12.1 Å². The number of carbonyl (C=O) groups excluding carboxylic acids is 1. The Hall–Kier alpha value is -2.48. The van der Waals surface area contributed by atoms with Crippen molar-refractivity contribution in [1.82, 2.24) is 19.4 Å². The van der Waals surface area contributed by atoms with Crippen molar-refractivity contribution in [3.8, 4) is 0 Å². The van der Waals surface area contributed by atoms with Crippen LogP contribution in [-0.4, -0.2) is 60.0 Å². The molecule has 0 aliphatic rings. The molecule has 1 heterocycles. The van der Waals surface area contributed by atoms with Crippen LogP contribution < -0.4 is 4.90 Å². The van der Waals surface area contributed by atoms with Crippen molar-refractivity contribution in [3.63, 3.8) is 0 Å². The average molecular weight is 365 g/mol. The first-order valence-electron chi connectivity index (χ1n) is 8.26. The molecular weight excluding hydrogens is 340 g/mol. The lowest BCUT2D eigenvalue weighted by atomic mass is 10.2. The molecule has 6 nitrogen and oxygen atoms in total. The van der Waals surface area contributed by atoms with Crippen LogP contribution in [0.1, 0.15) is 17.9 Å². The maximum Gasteiger partial charge on any atom is 0.319 e. The Morgan fingerprint density at radius 2 is 1.77 bits per heavy atom. The van der Waals surface area contributed by atoms with Gasteiger partial charge in [-0.05, 0) is 24.7 Å². The zero-order valence-electron chi connectivity index (χ0n) is 15.6. The molecule has 1 amide bonds. The number of rotatable bonds is 8. The molecule has 0 saturated carbocycles. The lowest BCUT2D eigenvalue weighted by Gasteiger charge is -2.22. The second-order valence-electron chi connectivity index (χ2n) is 6.51. The number of nitrogens with zero attached hydrogens (tertiary/aromatic N) is 5. The van der Waals surface area contributed by atoms with E-state index < -0.39 is 6.55 Å². The van der Waals surface area contributed by atoms with Crippen LogP contribution in [0.25, 0.3) is 0 Å². The van der Waals surface area contributed by atoms with E-state index in [1.54, 1.807) is 23.9 Å². The van der Waals surface area contributed by atoms with Crippen molar-refractivity contribution >= 4 is 11.6 Å². The molecule has 0 saturated heterocycles. The van der Waals surface area contributed by atoms with Gasteiger partial charge in [0.25, 0.3) is 0 Å². The van der Waals surface area contributed by atoms with Crippen molar-refractivity contribution in [2.75, 3.05) is 39.6 Å². The van der Waals surface area contributed by atoms with E-state index in [-0.39, 0.29) is 24.8 Å². The van der Waals surface area contributed by atoms with Crippen LogP contribution in [-0.2, 0) is 17.9 Å². The zero-order chi connectivity index (χ0) is 19.3. The van der Waals surface area contributed by atoms with Crippen molar-refractivity contribution in [3.05, 3.63) is 48.0 Å². The van der Waals surface area contributed by atoms with E-state index in [2.05, 4.69) is 4.98 Å². The van der Waals surface area contributed by atoms with Crippen LogP contribution in [0.4, 0.5) is 14.5 Å². The molecule has 142 valence electrons. The second-order valence-corrected chi connectivity index (χ2v) is 6.51. The highest BCUT2D eigenvalue weighted by atomic mass is 19.3. The molecule has 26 heavy (non-hydrogen) atoms. The monoisotopic (exact) mass is 365 g/mol. The quantitative estimate of drug-likeness (QED) is 0.721. The van der Waals surface area contributed by atoms with Crippen molar-refractivity contribution in [2.24, 2.45) is 0 Å². The highest BCUT2D eigenvalue weighted by Gasteiger charge is 2.16. The zero-order valence-corrected chi connectivity index (χ0v) is 15.6. The Kier molecular flexibility index (Phi) is 6.68. The molecule has 2 aromatic rings. The lowest BCUT2D eigenvalue weighted by Crippen LogP contribution is -2.36. The van der Waals surface area contributed by atoms with Crippen molar-refractivity contribution in [2.45, 2.75) is 19.6 Å². The van der Waals surface area contributed by atoms with Gasteiger partial charge in [0.2, 0.25) is 5.91 Å². The predicted molar refractivity (Wildman–Crippen MR) is 97.1 cm³/mol. The fourth-order valence-electron chi connectivity index (χ4n) is 2.55. The molecule has 0 spiro atoms. The maximum atomic E-state index is 12.8. The second kappa shape index (κ2) is 8.75. The molecule has 2 rings (SSSR count). The van der Waals surface area contributed by atoms with Gasteiger partial charge < -0.3 is 9.80 Å². The molecule has 0 radical (unpaired) electrons. The van der Waals surface area contributed by atoms with Crippen LogP contribution in [0.2, 0.25) is 0 Å². The molecule has 8 heteroatoms. The normalized spacial score (nSPS) is 11.2. The number of benzene rings is 1. The summed E-state index contributed by atoms with van der Waals surface area (Å²) in [6.45, 7) is -1.84. The highest BCUT2D eigenvalue weighted by molar-refractivity contribution is 5.78. The summed E-state index contributed by atoms with van der Waals surface area (Å²) < 4.78 is 26.5. The summed E-state index contributed by atoms with van der Waals surface area (Å²) in [6.07, 6.45) is 2.57. The Balaban J connectivity index is 1.88. The number of alkyl halides is 2. The number of hydrogen-bond acceptors (Lipinski definition) is 4. The first-order valence-corrected chi connectivity index (χ1v) is 8.26. The van der Waals surface area contributed by atoms with Crippen LogP contribution in [0.5, 0.6) is 0 Å². The van der Waals surface area contributed by atoms with Crippen molar-refractivity contribution in [1.29, 1.82) is 0 Å². The van der Waals surface area contributed by atoms with Crippen LogP contribution in [0.15, 0.2) is 36.7 Å². The number of hydrogen-bond donors (Lipinski definition) is 0. The Morgan fingerprint density at radius 1 is 1.12 bits per heavy atom. The van der Waals surface area contributed by atoms with E-state index in [1.165, 1.54) is 12.4 Å². The molecule has 1 aromatic heterocycles. The van der Waals surface area contributed by atoms with Crippen LogP contribution in [0.3, 0.4) is 0 Å². The van der Waals surface area contributed by atoms with E-state index in [0.717, 1.165) is 15.8 Å². The van der Waals surface area contributed by atoms with Gasteiger partial charge in [-0.15, -0.1) is 0 Å². The minimum Gasteiger partial charge on any atom is -0.378 e. The van der Waals surface area contributed by atoms with Gasteiger partial charge in [0.1, 0.15) is 5.82 Å². The average Bonchev–Trinajstić information content (AvgIpc) is 3.03. The predicted octanol–water partition coefficient (Wildman–Crippen LogP) is 2.43. The van der Waals surface area contributed by atoms with Gasteiger partial charge in [-0.25, -0.2) is 4.98 Å². The van der Waals surface area contributed by atoms with E-state index in [1.807, 2.05) is 43.3 Å². The number of anilines is 1. The summed E-state index contributed by atoms with van der Waals surface area (Å²) in [5.41, 5.74) is 2.12. The fourth-order valence-corrected chi connectivity index (χ4v) is 2.55. The first kappa shape index (κ1) is 19.8. The fraction of sp³-hybridized carbons (Fsp3) is 0.444. The van der Waals surface area contributed by atoms with Gasteiger partial charge in [0.15, 0.2) is 0 Å². The third-order valence-electron chi connectivity index (χ3n) is 4.07. The molecule has 0 aliphatic carbocycles. The van der Waals surface area contributed by atoms with E-state index in [9.17, 15) is 13.6 Å². The molecule has 1 aromatic carbocycles. The van der Waals surface area contributed by atoms with E-state index in [0.29, 0.717) is 6.54 Å². The molecule has 0 fully saturated rings. The first-order chi connectivity index (χ1) is 12.3. The topological polar surface area (TPSA) is 44.6 Å². The van der Waals surface area contributed by atoms with Gasteiger partial charge in [-0.2, -0.15) is 8.78 Å². The molecule has 0 N–H and O–H groups in total. The van der Waals surface area contributed by atoms with Crippen LogP contribution in [0, 0.1) is 0 Å². The number of carbonyl (C=O) groups is 1. The standard InChI is InChI=1S/C18H25F2N5O/c1-22(2)15-7-5-14(6-8-15)11-24(4)17(26)13-23(3)12-16-21-9-10-25(16)18(19)20/h5-10,18H,11-13H2,1-4H3. The summed E-state index contributed by atoms with van der Waals surface area (Å²) in [5, 5.41) is 0. The number of halogens is 2. The Labute approximate surface area is 152 Å². The molecule has 0 bridgehead atoms. The number of amides is 1. The third-order valence-corrected chi connectivity index (χ3v) is 4.07. The van der Waals surface area contributed by atoms with E-state index in [4.69, 9.17) is 0 Å². The van der Waals surface area contributed by atoms with Crippen molar-refractivity contribution < 1.29 is 13.6 Å². The summed E-state index contributed by atoms with van der Waals surface area (Å²) in [5.74, 6) is 0.150. The summed E-state index contributed by atoms with van der Waals surface area (Å²) >= 11 is 0. The molecule has 0 unspecified atom stereocenters. The largest absolute Gasteiger partial charge is 0.378 e. The maximum absolute atomic E-state index is 12.8.